The van der Waals surface area contributed by atoms with Crippen molar-refractivity contribution in [3.63, 3.8) is 0 Å². The van der Waals surface area contributed by atoms with Gasteiger partial charge in [-0.2, -0.15) is 48.2 Å². The lowest BCUT2D eigenvalue weighted by atomic mass is 9.99. The number of aliphatic hydroxyl groups excluding tert-OH is 1. The number of carboxylic acids is 2. The zero-order chi connectivity index (χ0) is 99.5. The van der Waals surface area contributed by atoms with Gasteiger partial charge in [0.25, 0.3) is 0 Å². The minimum absolute atomic E-state index is 0.0259. The number of aromatic amines is 2. The number of carboxylic acid groups (broad SMARTS) is 2. The molecule has 135 heavy (non-hydrogen) atoms. The van der Waals surface area contributed by atoms with E-state index >= 15 is 14.4 Å². The van der Waals surface area contributed by atoms with E-state index in [0.29, 0.717) is 44.7 Å². The quantitative estimate of drug-likeness (QED) is 0.0391. The fraction of sp³-hybridized carbons (Fsp3) is 0.598. The van der Waals surface area contributed by atoms with E-state index in [1.807, 2.05) is 0 Å². The standard InChI is InChI=1S/C82H121N21O26S6/c1-45(2)68-80(121)92-58(37-67(110)111)73(114)87-40-63(105)89-56(35-49-38-85-53-15-10-8-13-51(49)53)75(116)97-69(46(3)4)82(123)103-22-12-17-62(103)79(120)93-59(71(84)112)42-130-29-32-133(124,125)100-23-25-101-27-28-102(26-24-100)135(128,129)34-31-132-44-61(94-72(113)47(5)88-64(106)41-99(7)65(107)20-21-83)78(119)98-70(48(6)104)81(122)90-55(18-19-66(108)109)74(115)95-60(43-131-30-33-134(101,126)127)77(118)91-57(76(117)96-68)36-50-39-86-54-16-11-9-14-52(50)54/h8-11,13-16,38-39,45-48,55-62,68-70,85-86,104H,12,17-37,40-44,83H2,1-7H3,(H2,84,112)(H,87,114)(H,88,106)(H,89,105)(H,90,122)(H,91,118)(H,92,121)(H,93,120)(H,94,113)(H,95,115)(H,96,117)(H,97,116)(H,98,119)(H,108,109)(H,110,111)/t47-,48+,55-,56-,57-,58-,59-,60-,61-,62-,68-,69-,70-/m0/s1. The van der Waals surface area contributed by atoms with Crippen molar-refractivity contribution in [3.05, 3.63) is 72.1 Å². The van der Waals surface area contributed by atoms with Gasteiger partial charge in [-0.3, -0.25) is 81.5 Å². The number of primary amides is 1. The number of carbonyl (C=O) groups is 17. The van der Waals surface area contributed by atoms with Gasteiger partial charge in [0.2, 0.25) is 119 Å². The number of fused-ring (bicyclic) bond motifs is 12. The third kappa shape index (κ3) is 32.2. The monoisotopic (exact) mass is 2010 g/mol. The van der Waals surface area contributed by atoms with Gasteiger partial charge in [0, 0.05) is 154 Å². The van der Waals surface area contributed by atoms with Crippen molar-refractivity contribution in [1.29, 1.82) is 0 Å². The van der Waals surface area contributed by atoms with Gasteiger partial charge in [-0.15, -0.1) is 0 Å². The Morgan fingerprint density at radius 1 is 0.533 bits per heavy atom. The number of sulfonamides is 3. The molecule has 15 amide bonds. The van der Waals surface area contributed by atoms with E-state index in [1.54, 1.807) is 68.6 Å². The second-order valence-corrected chi connectivity index (χ2v) is 43.3. The lowest BCUT2D eigenvalue weighted by molar-refractivity contribution is -0.143. The number of H-pyrrole nitrogens is 2. The van der Waals surface area contributed by atoms with E-state index in [0.717, 1.165) is 48.3 Å². The molecule has 0 radical (unpaired) electrons. The number of rotatable bonds is 20. The summed E-state index contributed by atoms with van der Waals surface area (Å²) in [5.41, 5.74) is 13.4. The molecule has 4 aliphatic heterocycles. The van der Waals surface area contributed by atoms with Crippen molar-refractivity contribution in [3.8, 4) is 0 Å². The van der Waals surface area contributed by atoms with E-state index in [2.05, 4.69) is 73.8 Å². The topological polar surface area (TPSA) is 697 Å². The number of aliphatic hydroxyl groups is 1. The Morgan fingerprint density at radius 2 is 1.01 bits per heavy atom. The first-order chi connectivity index (χ1) is 63.7. The predicted molar refractivity (Wildman–Crippen MR) is 498 cm³/mol. The van der Waals surface area contributed by atoms with Crippen LogP contribution in [0.3, 0.4) is 0 Å². The first-order valence-electron chi connectivity index (χ1n) is 43.7. The van der Waals surface area contributed by atoms with Crippen LogP contribution in [0.2, 0.25) is 0 Å². The Kier molecular flexibility index (Phi) is 41.3. The largest absolute Gasteiger partial charge is 0.481 e. The van der Waals surface area contributed by atoms with Crippen molar-refractivity contribution in [2.45, 2.75) is 172 Å². The fourth-order valence-corrected chi connectivity index (χ4v) is 23.9. The molecule has 2 aromatic heterocycles. The Balaban J connectivity index is 1.21. The highest BCUT2D eigenvalue weighted by Gasteiger charge is 2.44. The number of nitrogens with one attached hydrogen (secondary N) is 14. The van der Waals surface area contributed by atoms with Gasteiger partial charge >= 0.3 is 11.9 Å². The van der Waals surface area contributed by atoms with Crippen molar-refractivity contribution in [2.24, 2.45) is 23.3 Å². The SMILES string of the molecule is CC(C)[C@@H]1NC(=O)[C@H](Cc2c[nH]c3ccccc23)NC(=O)[C@@H]2CSCCS(=O)(=O)N3CCN(CCN(CC3)S(=O)(=O)CCSC[C@H](NC(=O)[C@H](C)NC(=O)CN(C)C(=O)CCN)C(=O)N[C@@H]([C@@H](C)O)C(=O)N[C@@H](CCC(=O)O)C(=O)N2)S(=O)(=O)CCSC[C@@H](C(N)=O)NC(=O)[C@@H]2CCCN2C(=O)[C@H](C(C)C)NC(=O)[C@H](Cc2c[nH]c3ccccc23)NC(=O)CNC(=O)[C@H](CC(=O)O)NC1=O. The number of amides is 15. The van der Waals surface area contributed by atoms with Gasteiger partial charge in [0.1, 0.15) is 72.5 Å². The molecule has 4 bridgehead atoms. The van der Waals surface area contributed by atoms with Crippen molar-refractivity contribution < 1.29 is 122 Å². The van der Waals surface area contributed by atoms with Crippen LogP contribution in [0.5, 0.6) is 0 Å². The van der Waals surface area contributed by atoms with Crippen LogP contribution in [0.1, 0.15) is 91.2 Å². The Bertz CT molecular complexity index is 5340. The molecule has 0 aliphatic carbocycles. The highest BCUT2D eigenvalue weighted by Crippen LogP contribution is 2.26. The number of thioether (sulfide) groups is 3. The zero-order valence-corrected chi connectivity index (χ0v) is 80.5. The Labute approximate surface area is 792 Å². The highest BCUT2D eigenvalue weighted by molar-refractivity contribution is 8.01. The summed E-state index contributed by atoms with van der Waals surface area (Å²) >= 11 is 2.23. The van der Waals surface area contributed by atoms with Crippen LogP contribution in [-0.2, 0) is 124 Å². The third-order valence-corrected chi connectivity index (χ3v) is 32.3. The molecule has 16 atom stereocenters. The second-order valence-electron chi connectivity index (χ2n) is 33.6. The van der Waals surface area contributed by atoms with E-state index in [1.165, 1.54) is 38.9 Å². The number of hydrogen-bond donors (Lipinski definition) is 19. The summed E-state index contributed by atoms with van der Waals surface area (Å²) in [7, 11) is -12.6. The van der Waals surface area contributed by atoms with Crippen LogP contribution in [0.15, 0.2) is 60.9 Å². The van der Waals surface area contributed by atoms with Gasteiger partial charge in [-0.25, -0.2) is 25.3 Å². The number of nitrogens with zero attached hydrogens (tertiary/aromatic N) is 5. The molecule has 47 nitrogen and oxygen atoms in total. The maximum atomic E-state index is 15.5. The lowest BCUT2D eigenvalue weighted by Gasteiger charge is -2.32. The summed E-state index contributed by atoms with van der Waals surface area (Å²) in [5, 5.41) is 62.2. The first kappa shape index (κ1) is 110. The molecule has 4 aliphatic rings. The van der Waals surface area contributed by atoms with Crippen molar-refractivity contribution >= 4 is 188 Å². The van der Waals surface area contributed by atoms with Crippen LogP contribution < -0.4 is 75.3 Å². The number of hydrogen-bond acceptors (Lipinski definition) is 28. The summed E-state index contributed by atoms with van der Waals surface area (Å²) in [6, 6.07) is -7.19. The molecule has 8 rings (SSSR count). The molecule has 3 unspecified atom stereocenters. The molecule has 2 aromatic carbocycles. The molecule has 746 valence electrons. The van der Waals surface area contributed by atoms with E-state index in [4.69, 9.17) is 11.5 Å². The van der Waals surface area contributed by atoms with Gasteiger partial charge in [0.15, 0.2) is 0 Å². The Hall–Kier alpha value is -10.8. The van der Waals surface area contributed by atoms with Gasteiger partial charge in [-0.05, 0) is 68.2 Å². The van der Waals surface area contributed by atoms with Crippen molar-refractivity contribution in [2.75, 3.05) is 124 Å². The number of benzene rings is 2. The average Bonchev–Trinajstić information content (AvgIpc) is 1.70. The third-order valence-electron chi connectivity index (χ3n) is 22.7. The summed E-state index contributed by atoms with van der Waals surface area (Å²) in [6.07, 6.45) is -2.25. The number of likely N-dealkylation sites (N-methyl/N-ethyl adjacent to an activating group) is 1. The lowest BCUT2D eigenvalue weighted by Crippen LogP contribution is -2.62. The fourth-order valence-electron chi connectivity index (χ4n) is 15.1. The van der Waals surface area contributed by atoms with Crippen LogP contribution >= 0.6 is 35.3 Å². The zero-order valence-electron chi connectivity index (χ0n) is 75.6. The van der Waals surface area contributed by atoms with E-state index in [9.17, 15) is 108 Å². The van der Waals surface area contributed by atoms with Crippen molar-refractivity contribution in [1.82, 2.24) is 96.5 Å². The maximum absolute atomic E-state index is 15.5. The van der Waals surface area contributed by atoms with Crippen LogP contribution in [0, 0.1) is 11.8 Å². The molecular weight excluding hydrogens is 1890 g/mol. The molecule has 0 saturated carbocycles. The van der Waals surface area contributed by atoms with Gasteiger partial charge < -0.3 is 110 Å². The molecular formula is C82H121N21O26S6. The first-order valence-corrected chi connectivity index (χ1v) is 52.0. The average molecular weight is 2010 g/mol. The Morgan fingerprint density at radius 3 is 1.53 bits per heavy atom. The minimum Gasteiger partial charge on any atom is -0.481 e. The number of aromatic nitrogens is 2. The second kappa shape index (κ2) is 50.9. The maximum Gasteiger partial charge on any atom is 0.305 e. The van der Waals surface area contributed by atoms with Crippen LogP contribution in [-0.4, -0.2) is 377 Å². The highest BCUT2D eigenvalue weighted by atomic mass is 32.2. The van der Waals surface area contributed by atoms with E-state index in [-0.39, 0.29) is 50.3 Å². The van der Waals surface area contributed by atoms with Crippen LogP contribution in [0.25, 0.3) is 21.8 Å². The number of aliphatic carboxylic acids is 2. The summed E-state index contributed by atoms with van der Waals surface area (Å²) in [6.45, 7) is 3.04. The smallest absolute Gasteiger partial charge is 0.305 e. The molecule has 6 heterocycles. The normalized spacial score (nSPS) is 26.7. The molecule has 53 heteroatoms. The van der Waals surface area contributed by atoms with Gasteiger partial charge in [-0.1, -0.05) is 64.1 Å². The van der Waals surface area contributed by atoms with E-state index < -0.39 is 339 Å². The summed E-state index contributed by atoms with van der Waals surface area (Å²) in [4.78, 5) is 249. The minimum atomic E-state index is -4.70. The molecule has 4 aromatic rings. The summed E-state index contributed by atoms with van der Waals surface area (Å²) < 4.78 is 91.6. The molecule has 4 saturated heterocycles. The predicted octanol–water partition coefficient (Wildman–Crippen LogP) is -6.65. The van der Waals surface area contributed by atoms with Crippen LogP contribution in [0.4, 0.5) is 0 Å². The molecule has 21 N–H and O–H groups in total. The number of para-hydroxylation sites is 2. The molecule has 4 fully saturated rings. The number of carbonyl (C=O) groups excluding carboxylic acids is 15. The number of nitrogens with two attached hydrogens (primary N) is 2. The molecule has 0 spiro atoms. The summed E-state index contributed by atoms with van der Waals surface area (Å²) in [5.74, 6) is -26.2. The van der Waals surface area contributed by atoms with Gasteiger partial charge in [0.05, 0.1) is 42.9 Å².